The van der Waals surface area contributed by atoms with E-state index in [0.717, 1.165) is 23.8 Å². The molecule has 1 aromatic carbocycles. The minimum Gasteiger partial charge on any atom is -0.327 e. The summed E-state index contributed by atoms with van der Waals surface area (Å²) in [6.45, 7) is 6.51. The van der Waals surface area contributed by atoms with E-state index in [2.05, 4.69) is 26.0 Å². The molecule has 0 amide bonds. The Morgan fingerprint density at radius 3 is 2.50 bits per heavy atom. The van der Waals surface area contributed by atoms with Gasteiger partial charge in [0, 0.05) is 11.1 Å². The van der Waals surface area contributed by atoms with Crippen molar-refractivity contribution in [2.45, 2.75) is 46.1 Å². The summed E-state index contributed by atoms with van der Waals surface area (Å²) < 4.78 is 0. The molecule has 1 aromatic rings. The van der Waals surface area contributed by atoms with Crippen LogP contribution in [0, 0.1) is 12.8 Å². The topological polar surface area (TPSA) is 26.0 Å². The highest BCUT2D eigenvalue weighted by Gasteiger charge is 2.08. The second kappa shape index (κ2) is 6.27. The normalized spacial score (nSPS) is 13.1. The van der Waals surface area contributed by atoms with Gasteiger partial charge in [0.05, 0.1) is 0 Å². The Labute approximate surface area is 104 Å². The minimum absolute atomic E-state index is 0.225. The second-order valence-electron chi connectivity index (χ2n) is 5.03. The summed E-state index contributed by atoms with van der Waals surface area (Å²) in [6, 6.07) is 6.41. The van der Waals surface area contributed by atoms with Gasteiger partial charge in [0.2, 0.25) is 0 Å². The van der Waals surface area contributed by atoms with Crippen molar-refractivity contribution < 1.29 is 0 Å². The van der Waals surface area contributed by atoms with Crippen molar-refractivity contribution in [3.63, 3.8) is 0 Å². The quantitative estimate of drug-likeness (QED) is 0.827. The lowest BCUT2D eigenvalue weighted by Gasteiger charge is -2.14. The Kier molecular flexibility index (Phi) is 5.30. The van der Waals surface area contributed by atoms with Crippen LogP contribution in [0.2, 0.25) is 5.02 Å². The fourth-order valence-electron chi connectivity index (χ4n) is 1.75. The number of benzene rings is 1. The van der Waals surface area contributed by atoms with E-state index in [-0.39, 0.29) is 6.04 Å². The molecule has 0 heterocycles. The third-order valence-corrected chi connectivity index (χ3v) is 3.16. The number of hydrogen-bond acceptors (Lipinski definition) is 1. The van der Waals surface area contributed by atoms with Gasteiger partial charge >= 0.3 is 0 Å². The van der Waals surface area contributed by atoms with Crippen LogP contribution in [0.25, 0.3) is 0 Å². The molecule has 0 aliphatic rings. The fourth-order valence-corrected chi connectivity index (χ4v) is 2.06. The molecule has 0 spiro atoms. The van der Waals surface area contributed by atoms with Crippen LogP contribution >= 0.6 is 11.6 Å². The van der Waals surface area contributed by atoms with Crippen LogP contribution in [0.1, 0.15) is 37.8 Å². The summed E-state index contributed by atoms with van der Waals surface area (Å²) >= 11 is 6.18. The average Bonchev–Trinajstić information content (AvgIpc) is 2.19. The molecule has 16 heavy (non-hydrogen) atoms. The van der Waals surface area contributed by atoms with E-state index in [0.29, 0.717) is 0 Å². The molecular formula is C14H22ClN. The van der Waals surface area contributed by atoms with E-state index < -0.39 is 0 Å². The predicted octanol–water partition coefficient (Wildman–Crippen LogP) is 3.95. The summed E-state index contributed by atoms with van der Waals surface area (Å²) in [5.74, 6) is 0.722. The van der Waals surface area contributed by atoms with Crippen LogP contribution < -0.4 is 5.73 Å². The van der Waals surface area contributed by atoms with E-state index in [1.165, 1.54) is 17.5 Å². The highest BCUT2D eigenvalue weighted by molar-refractivity contribution is 6.31. The number of halogens is 1. The predicted molar refractivity (Wildman–Crippen MR) is 71.9 cm³/mol. The molecule has 1 rings (SSSR count). The molecule has 0 fully saturated rings. The zero-order chi connectivity index (χ0) is 12.1. The van der Waals surface area contributed by atoms with E-state index in [1.807, 2.05) is 13.0 Å². The summed E-state index contributed by atoms with van der Waals surface area (Å²) in [5.41, 5.74) is 8.47. The van der Waals surface area contributed by atoms with Crippen LogP contribution in [0.15, 0.2) is 18.2 Å². The molecule has 2 N–H and O–H groups in total. The van der Waals surface area contributed by atoms with Gasteiger partial charge in [-0.3, -0.25) is 0 Å². The Bertz CT molecular complexity index is 334. The van der Waals surface area contributed by atoms with Crippen LogP contribution in [0.5, 0.6) is 0 Å². The summed E-state index contributed by atoms with van der Waals surface area (Å²) in [5, 5.41) is 0.847. The van der Waals surface area contributed by atoms with Gasteiger partial charge in [-0.05, 0) is 49.3 Å². The second-order valence-corrected chi connectivity index (χ2v) is 5.44. The smallest absolute Gasteiger partial charge is 0.0441 e. The van der Waals surface area contributed by atoms with Crippen molar-refractivity contribution in [2.24, 2.45) is 11.7 Å². The molecule has 0 saturated heterocycles. The van der Waals surface area contributed by atoms with Gasteiger partial charge in [0.25, 0.3) is 0 Å². The summed E-state index contributed by atoms with van der Waals surface area (Å²) in [7, 11) is 0. The van der Waals surface area contributed by atoms with Gasteiger partial charge < -0.3 is 5.73 Å². The molecule has 0 bridgehead atoms. The minimum atomic E-state index is 0.225. The monoisotopic (exact) mass is 239 g/mol. The van der Waals surface area contributed by atoms with Crippen LogP contribution in [0.4, 0.5) is 0 Å². The van der Waals surface area contributed by atoms with Gasteiger partial charge in [-0.25, -0.2) is 0 Å². The van der Waals surface area contributed by atoms with Crippen LogP contribution in [-0.2, 0) is 6.42 Å². The highest BCUT2D eigenvalue weighted by atomic mass is 35.5. The third kappa shape index (κ3) is 4.54. The molecule has 0 aliphatic heterocycles. The van der Waals surface area contributed by atoms with Crippen LogP contribution in [0.3, 0.4) is 0 Å². The van der Waals surface area contributed by atoms with E-state index in [4.69, 9.17) is 17.3 Å². The van der Waals surface area contributed by atoms with E-state index >= 15 is 0 Å². The molecule has 0 aliphatic carbocycles. The average molecular weight is 240 g/mol. The highest BCUT2D eigenvalue weighted by Crippen LogP contribution is 2.20. The standard InChI is InChI=1S/C14H22ClN/c1-10(2)4-7-13(16)9-12-6-5-11(3)8-14(12)15/h5-6,8,10,13H,4,7,9,16H2,1-3H3. The molecule has 1 atom stereocenters. The van der Waals surface area contributed by atoms with Crippen molar-refractivity contribution in [3.05, 3.63) is 34.3 Å². The Balaban J connectivity index is 2.52. The van der Waals surface area contributed by atoms with Gasteiger partial charge in [-0.2, -0.15) is 0 Å². The van der Waals surface area contributed by atoms with E-state index in [9.17, 15) is 0 Å². The summed E-state index contributed by atoms with van der Waals surface area (Å²) in [6.07, 6.45) is 3.14. The van der Waals surface area contributed by atoms with Crippen molar-refractivity contribution in [3.8, 4) is 0 Å². The molecule has 0 radical (unpaired) electrons. The maximum Gasteiger partial charge on any atom is 0.0441 e. The largest absolute Gasteiger partial charge is 0.327 e. The lowest BCUT2D eigenvalue weighted by molar-refractivity contribution is 0.495. The first kappa shape index (κ1) is 13.5. The van der Waals surface area contributed by atoms with Crippen molar-refractivity contribution in [2.75, 3.05) is 0 Å². The molecular weight excluding hydrogens is 218 g/mol. The zero-order valence-electron chi connectivity index (χ0n) is 10.5. The van der Waals surface area contributed by atoms with Gasteiger partial charge in [-0.15, -0.1) is 0 Å². The number of nitrogens with two attached hydrogens (primary N) is 1. The molecule has 90 valence electrons. The summed E-state index contributed by atoms with van der Waals surface area (Å²) in [4.78, 5) is 0. The Morgan fingerprint density at radius 1 is 1.25 bits per heavy atom. The third-order valence-electron chi connectivity index (χ3n) is 2.81. The van der Waals surface area contributed by atoms with Gasteiger partial charge in [-0.1, -0.05) is 37.6 Å². The van der Waals surface area contributed by atoms with Crippen molar-refractivity contribution in [1.82, 2.24) is 0 Å². The molecule has 0 aromatic heterocycles. The Hall–Kier alpha value is -0.530. The first-order chi connectivity index (χ1) is 7.49. The lowest BCUT2D eigenvalue weighted by atomic mass is 9.98. The molecule has 0 saturated carbocycles. The maximum atomic E-state index is 6.18. The fraction of sp³-hybridized carbons (Fsp3) is 0.571. The SMILES string of the molecule is Cc1ccc(CC(N)CCC(C)C)c(Cl)c1. The first-order valence-corrected chi connectivity index (χ1v) is 6.37. The molecule has 2 heteroatoms. The van der Waals surface area contributed by atoms with Crippen molar-refractivity contribution >= 4 is 11.6 Å². The van der Waals surface area contributed by atoms with Crippen molar-refractivity contribution in [1.29, 1.82) is 0 Å². The van der Waals surface area contributed by atoms with Gasteiger partial charge in [0.1, 0.15) is 0 Å². The molecule has 1 unspecified atom stereocenters. The number of hydrogen-bond donors (Lipinski definition) is 1. The van der Waals surface area contributed by atoms with Gasteiger partial charge in [0.15, 0.2) is 0 Å². The first-order valence-electron chi connectivity index (χ1n) is 5.99. The van der Waals surface area contributed by atoms with E-state index in [1.54, 1.807) is 0 Å². The number of aryl methyl sites for hydroxylation is 1. The number of rotatable bonds is 5. The maximum absolute atomic E-state index is 6.18. The lowest BCUT2D eigenvalue weighted by Crippen LogP contribution is -2.23. The zero-order valence-corrected chi connectivity index (χ0v) is 11.2. The molecule has 1 nitrogen and oxygen atoms in total. The Morgan fingerprint density at radius 2 is 1.94 bits per heavy atom. The van der Waals surface area contributed by atoms with Crippen LogP contribution in [-0.4, -0.2) is 6.04 Å².